The number of aromatic nitrogens is 3. The van der Waals surface area contributed by atoms with Gasteiger partial charge in [0.05, 0.1) is 11.7 Å². The number of piperazine rings is 1. The monoisotopic (exact) mass is 503 g/mol. The van der Waals surface area contributed by atoms with Gasteiger partial charge in [-0.25, -0.2) is 9.97 Å². The Labute approximate surface area is 222 Å². The molecule has 5 aromatic rings. The van der Waals surface area contributed by atoms with E-state index in [0.717, 1.165) is 54.6 Å². The molecule has 3 aromatic heterocycles. The standard InChI is InChI=1S/C31H29N5S/c1-23-33-28(26-19-27(22-32-21-26)29-13-8-18-37-29)20-30(34-23)35-14-16-36(17-15-35)31(24-9-4-2-5-10-24)25-11-6-3-7-12-25/h2-13,18-22,31H,14-17H2,1H3. The molecule has 0 atom stereocenters. The molecule has 0 amide bonds. The molecule has 6 heteroatoms. The second-order valence-electron chi connectivity index (χ2n) is 9.35. The van der Waals surface area contributed by atoms with E-state index in [1.54, 1.807) is 11.3 Å². The van der Waals surface area contributed by atoms with Crippen LogP contribution in [0, 0.1) is 6.92 Å². The first kappa shape index (κ1) is 23.5. The molecule has 0 saturated carbocycles. The highest BCUT2D eigenvalue weighted by molar-refractivity contribution is 7.13. The van der Waals surface area contributed by atoms with E-state index in [1.807, 2.05) is 19.3 Å². The first-order chi connectivity index (χ1) is 18.2. The van der Waals surface area contributed by atoms with Crippen LogP contribution in [0.15, 0.2) is 103 Å². The van der Waals surface area contributed by atoms with Crippen molar-refractivity contribution in [3.63, 3.8) is 0 Å². The Morgan fingerprint density at radius 1 is 0.730 bits per heavy atom. The van der Waals surface area contributed by atoms with Crippen molar-refractivity contribution in [1.29, 1.82) is 0 Å². The van der Waals surface area contributed by atoms with Gasteiger partial charge in [-0.05, 0) is 35.6 Å². The fourth-order valence-electron chi connectivity index (χ4n) is 5.11. The average Bonchev–Trinajstić information content (AvgIpc) is 3.50. The molecule has 1 aliphatic heterocycles. The van der Waals surface area contributed by atoms with E-state index in [-0.39, 0.29) is 6.04 Å². The highest BCUT2D eigenvalue weighted by Gasteiger charge is 2.27. The van der Waals surface area contributed by atoms with Crippen molar-refractivity contribution in [3.05, 3.63) is 120 Å². The van der Waals surface area contributed by atoms with E-state index in [4.69, 9.17) is 9.97 Å². The lowest BCUT2D eigenvalue weighted by atomic mass is 9.96. The van der Waals surface area contributed by atoms with Gasteiger partial charge in [0.25, 0.3) is 0 Å². The van der Waals surface area contributed by atoms with Gasteiger partial charge in [-0.1, -0.05) is 66.7 Å². The van der Waals surface area contributed by atoms with E-state index in [9.17, 15) is 0 Å². The number of rotatable bonds is 6. The molecular formula is C31H29N5S. The minimum absolute atomic E-state index is 0.248. The number of thiophene rings is 1. The largest absolute Gasteiger partial charge is 0.354 e. The number of pyridine rings is 1. The Hall–Kier alpha value is -3.87. The summed E-state index contributed by atoms with van der Waals surface area (Å²) in [6.45, 7) is 5.73. The Morgan fingerprint density at radius 2 is 1.41 bits per heavy atom. The molecule has 1 fully saturated rings. The van der Waals surface area contributed by atoms with Crippen LogP contribution in [0.1, 0.15) is 23.0 Å². The lowest BCUT2D eigenvalue weighted by Gasteiger charge is -2.40. The summed E-state index contributed by atoms with van der Waals surface area (Å²) in [6, 6.07) is 30.4. The van der Waals surface area contributed by atoms with Gasteiger partial charge in [-0.3, -0.25) is 9.88 Å². The SMILES string of the molecule is Cc1nc(-c2cncc(-c3cccs3)c2)cc(N2CCN(C(c3ccccc3)c3ccccc3)CC2)n1. The van der Waals surface area contributed by atoms with E-state index in [0.29, 0.717) is 0 Å². The second-order valence-corrected chi connectivity index (χ2v) is 10.3. The van der Waals surface area contributed by atoms with Crippen LogP contribution in [-0.2, 0) is 0 Å². The number of aryl methyl sites for hydroxylation is 1. The van der Waals surface area contributed by atoms with Crippen molar-refractivity contribution in [1.82, 2.24) is 19.9 Å². The van der Waals surface area contributed by atoms with Crippen molar-refractivity contribution in [2.75, 3.05) is 31.1 Å². The number of hydrogen-bond donors (Lipinski definition) is 0. The van der Waals surface area contributed by atoms with Crippen LogP contribution < -0.4 is 4.90 Å². The first-order valence-electron chi connectivity index (χ1n) is 12.7. The smallest absolute Gasteiger partial charge is 0.132 e. The first-order valence-corrected chi connectivity index (χ1v) is 13.6. The van der Waals surface area contributed by atoms with Crippen LogP contribution in [0.2, 0.25) is 0 Å². The highest BCUT2D eigenvalue weighted by Crippen LogP contribution is 2.32. The molecule has 184 valence electrons. The van der Waals surface area contributed by atoms with Crippen molar-refractivity contribution >= 4 is 17.2 Å². The van der Waals surface area contributed by atoms with Gasteiger partial charge in [0.1, 0.15) is 11.6 Å². The Bertz CT molecular complexity index is 1410. The van der Waals surface area contributed by atoms with Crippen LogP contribution in [0.25, 0.3) is 21.7 Å². The quantitative estimate of drug-likeness (QED) is 0.265. The molecule has 6 rings (SSSR count). The van der Waals surface area contributed by atoms with E-state index in [2.05, 4.69) is 105 Å². The Morgan fingerprint density at radius 3 is 2.05 bits per heavy atom. The minimum Gasteiger partial charge on any atom is -0.354 e. The summed E-state index contributed by atoms with van der Waals surface area (Å²) in [5.41, 5.74) is 5.72. The molecule has 2 aromatic carbocycles. The lowest BCUT2D eigenvalue weighted by molar-refractivity contribution is 0.212. The van der Waals surface area contributed by atoms with Crippen molar-refractivity contribution < 1.29 is 0 Å². The van der Waals surface area contributed by atoms with Crippen LogP contribution >= 0.6 is 11.3 Å². The number of anilines is 1. The summed E-state index contributed by atoms with van der Waals surface area (Å²) in [5, 5.41) is 2.09. The molecule has 0 unspecified atom stereocenters. The molecule has 4 heterocycles. The van der Waals surface area contributed by atoms with Gasteiger partial charge in [0.2, 0.25) is 0 Å². The van der Waals surface area contributed by atoms with E-state index >= 15 is 0 Å². The third-order valence-corrected chi connectivity index (χ3v) is 7.82. The minimum atomic E-state index is 0.248. The summed E-state index contributed by atoms with van der Waals surface area (Å²) in [7, 11) is 0. The lowest BCUT2D eigenvalue weighted by Crippen LogP contribution is -2.48. The molecule has 0 bridgehead atoms. The summed E-state index contributed by atoms with van der Waals surface area (Å²) >= 11 is 1.72. The summed E-state index contributed by atoms with van der Waals surface area (Å²) in [6.07, 6.45) is 3.81. The molecule has 1 aliphatic rings. The average molecular weight is 504 g/mol. The summed E-state index contributed by atoms with van der Waals surface area (Å²) < 4.78 is 0. The number of nitrogens with zero attached hydrogens (tertiary/aromatic N) is 5. The molecule has 5 nitrogen and oxygen atoms in total. The Balaban J connectivity index is 1.23. The topological polar surface area (TPSA) is 45.2 Å². The van der Waals surface area contributed by atoms with Crippen LogP contribution in [-0.4, -0.2) is 46.0 Å². The van der Waals surface area contributed by atoms with E-state index in [1.165, 1.54) is 16.0 Å². The maximum atomic E-state index is 4.82. The van der Waals surface area contributed by atoms with Crippen LogP contribution in [0.3, 0.4) is 0 Å². The molecule has 0 spiro atoms. The van der Waals surface area contributed by atoms with Gasteiger partial charge in [0, 0.05) is 60.6 Å². The molecule has 0 aliphatic carbocycles. The van der Waals surface area contributed by atoms with Gasteiger partial charge in [-0.2, -0.15) is 0 Å². The highest BCUT2D eigenvalue weighted by atomic mass is 32.1. The zero-order chi connectivity index (χ0) is 25.0. The van der Waals surface area contributed by atoms with Gasteiger partial charge >= 0.3 is 0 Å². The van der Waals surface area contributed by atoms with Crippen LogP contribution in [0.4, 0.5) is 5.82 Å². The molecule has 0 N–H and O–H groups in total. The van der Waals surface area contributed by atoms with Crippen molar-refractivity contribution in [2.24, 2.45) is 0 Å². The fourth-order valence-corrected chi connectivity index (χ4v) is 5.82. The van der Waals surface area contributed by atoms with E-state index < -0.39 is 0 Å². The zero-order valence-electron chi connectivity index (χ0n) is 20.9. The van der Waals surface area contributed by atoms with Gasteiger partial charge < -0.3 is 4.90 Å². The molecular weight excluding hydrogens is 474 g/mol. The second kappa shape index (κ2) is 10.6. The fraction of sp³-hybridized carbons (Fsp3) is 0.194. The predicted molar refractivity (Wildman–Crippen MR) is 152 cm³/mol. The predicted octanol–water partition coefficient (Wildman–Crippen LogP) is 6.49. The van der Waals surface area contributed by atoms with Gasteiger partial charge in [-0.15, -0.1) is 11.3 Å². The maximum absolute atomic E-state index is 4.82. The maximum Gasteiger partial charge on any atom is 0.132 e. The van der Waals surface area contributed by atoms with Gasteiger partial charge in [0.15, 0.2) is 0 Å². The molecule has 37 heavy (non-hydrogen) atoms. The normalized spacial score (nSPS) is 14.3. The number of benzene rings is 2. The zero-order valence-corrected chi connectivity index (χ0v) is 21.7. The number of hydrogen-bond acceptors (Lipinski definition) is 6. The van der Waals surface area contributed by atoms with Crippen LogP contribution in [0.5, 0.6) is 0 Å². The van der Waals surface area contributed by atoms with Crippen molar-refractivity contribution in [2.45, 2.75) is 13.0 Å². The third-order valence-electron chi connectivity index (χ3n) is 6.90. The summed E-state index contributed by atoms with van der Waals surface area (Å²) in [5.74, 6) is 1.77. The third kappa shape index (κ3) is 5.17. The molecule has 1 saturated heterocycles. The summed E-state index contributed by atoms with van der Waals surface area (Å²) in [4.78, 5) is 20.3. The molecule has 0 radical (unpaired) electrons. The Kier molecular flexibility index (Phi) is 6.76. The van der Waals surface area contributed by atoms with Crippen molar-refractivity contribution in [3.8, 4) is 21.7 Å².